The summed E-state index contributed by atoms with van der Waals surface area (Å²) in [6.07, 6.45) is -0.382. The van der Waals surface area contributed by atoms with Crippen LogP contribution in [0.25, 0.3) is 22.3 Å². The molecule has 0 spiro atoms. The SMILES string of the molecule is C=C1CC=C2C(=CC1OCc1cc(-c3ccc(-c4ccc(C#N)cc4)cc3)c(C(F)(F)F)cc1F)CC1C(C(=O)O)C21. The van der Waals surface area contributed by atoms with Crippen molar-refractivity contribution in [3.63, 3.8) is 0 Å². The lowest BCUT2D eigenvalue weighted by atomic mass is 9.94. The number of nitrogens with zero attached hydrogens (tertiary/aromatic N) is 1. The molecule has 0 amide bonds. The molecule has 3 aliphatic rings. The van der Waals surface area contributed by atoms with Gasteiger partial charge in [0.15, 0.2) is 0 Å². The second-order valence-electron chi connectivity index (χ2n) is 11.0. The Balaban J connectivity index is 1.25. The van der Waals surface area contributed by atoms with Crippen LogP contribution in [0.1, 0.15) is 29.5 Å². The van der Waals surface area contributed by atoms with Crippen molar-refractivity contribution in [2.75, 3.05) is 0 Å². The summed E-state index contributed by atoms with van der Waals surface area (Å²) >= 11 is 0. The summed E-state index contributed by atoms with van der Waals surface area (Å²) in [5.41, 5.74) is 3.79. The van der Waals surface area contributed by atoms with Crippen LogP contribution in [0.2, 0.25) is 0 Å². The highest BCUT2D eigenvalue weighted by atomic mass is 19.4. The quantitative estimate of drug-likeness (QED) is 0.240. The van der Waals surface area contributed by atoms with Gasteiger partial charge in [0, 0.05) is 11.5 Å². The van der Waals surface area contributed by atoms with Crippen molar-refractivity contribution in [3.8, 4) is 28.3 Å². The van der Waals surface area contributed by atoms with Gasteiger partial charge in [-0.3, -0.25) is 4.79 Å². The van der Waals surface area contributed by atoms with Crippen LogP contribution >= 0.6 is 0 Å². The number of carboxylic acid groups (broad SMARTS) is 1. The van der Waals surface area contributed by atoms with Gasteiger partial charge in [-0.1, -0.05) is 49.1 Å². The van der Waals surface area contributed by atoms with Gasteiger partial charge in [-0.15, -0.1) is 0 Å². The van der Waals surface area contributed by atoms with Crippen molar-refractivity contribution in [2.45, 2.75) is 31.7 Å². The Hall–Kier alpha value is -4.48. The lowest BCUT2D eigenvalue weighted by Crippen LogP contribution is -2.14. The fourth-order valence-electron chi connectivity index (χ4n) is 6.19. The van der Waals surface area contributed by atoms with E-state index in [0.29, 0.717) is 30.0 Å². The molecule has 0 saturated heterocycles. The molecule has 0 aliphatic heterocycles. The van der Waals surface area contributed by atoms with E-state index < -0.39 is 29.6 Å². The summed E-state index contributed by atoms with van der Waals surface area (Å²) in [6.45, 7) is 3.81. The Morgan fingerprint density at radius 3 is 2.31 bits per heavy atom. The smallest absolute Gasteiger partial charge is 0.417 e. The lowest BCUT2D eigenvalue weighted by molar-refractivity contribution is -0.139. The van der Waals surface area contributed by atoms with Crippen LogP contribution in [0.3, 0.4) is 0 Å². The van der Waals surface area contributed by atoms with E-state index in [1.807, 2.05) is 18.2 Å². The van der Waals surface area contributed by atoms with E-state index in [4.69, 9.17) is 10.00 Å². The average molecular weight is 572 g/mol. The first-order valence-corrected chi connectivity index (χ1v) is 13.5. The summed E-state index contributed by atoms with van der Waals surface area (Å²) in [6, 6.07) is 17.1. The number of fused-ring (bicyclic) bond motifs is 3. The molecule has 2 saturated carbocycles. The summed E-state index contributed by atoms with van der Waals surface area (Å²) in [5, 5.41) is 18.4. The van der Waals surface area contributed by atoms with E-state index in [9.17, 15) is 23.1 Å². The van der Waals surface area contributed by atoms with Gasteiger partial charge >= 0.3 is 12.1 Å². The van der Waals surface area contributed by atoms with Crippen LogP contribution in [0.4, 0.5) is 17.6 Å². The molecule has 42 heavy (non-hydrogen) atoms. The zero-order valence-electron chi connectivity index (χ0n) is 22.3. The predicted molar refractivity (Wildman–Crippen MR) is 148 cm³/mol. The van der Waals surface area contributed by atoms with Crippen molar-refractivity contribution in [1.29, 1.82) is 5.26 Å². The summed E-state index contributed by atoms with van der Waals surface area (Å²) < 4.78 is 63.0. The molecule has 4 atom stereocenters. The van der Waals surface area contributed by atoms with Gasteiger partial charge in [0.2, 0.25) is 0 Å². The first kappa shape index (κ1) is 27.7. The highest BCUT2D eigenvalue weighted by molar-refractivity contribution is 5.78. The van der Waals surface area contributed by atoms with E-state index in [1.54, 1.807) is 48.5 Å². The number of hydrogen-bond acceptors (Lipinski definition) is 3. The van der Waals surface area contributed by atoms with Gasteiger partial charge in [-0.05, 0) is 88.1 Å². The Morgan fingerprint density at radius 2 is 1.69 bits per heavy atom. The van der Waals surface area contributed by atoms with Crippen molar-refractivity contribution in [2.24, 2.45) is 17.8 Å². The summed E-state index contributed by atoms with van der Waals surface area (Å²) in [5.74, 6) is -2.10. The van der Waals surface area contributed by atoms with Gasteiger partial charge in [0.1, 0.15) is 5.82 Å². The Morgan fingerprint density at radius 1 is 1.05 bits per heavy atom. The zero-order chi connectivity index (χ0) is 29.8. The van der Waals surface area contributed by atoms with Gasteiger partial charge < -0.3 is 9.84 Å². The number of alkyl halides is 3. The molecule has 0 heterocycles. The van der Waals surface area contributed by atoms with E-state index in [2.05, 4.69) is 6.58 Å². The number of benzene rings is 3. The molecule has 8 heteroatoms. The highest BCUT2D eigenvalue weighted by Crippen LogP contribution is 2.63. The van der Waals surface area contributed by atoms with Crippen LogP contribution in [0.15, 0.2) is 96.1 Å². The number of halogens is 4. The van der Waals surface area contributed by atoms with Crippen molar-refractivity contribution in [1.82, 2.24) is 0 Å². The normalized spacial score (nSPS) is 22.8. The van der Waals surface area contributed by atoms with Crippen molar-refractivity contribution in [3.05, 3.63) is 119 Å². The van der Waals surface area contributed by atoms with E-state index in [-0.39, 0.29) is 41.1 Å². The third kappa shape index (κ3) is 5.05. The molecular formula is C34H25F4NO3. The molecule has 0 bridgehead atoms. The Kier molecular flexibility index (Phi) is 6.86. The zero-order valence-corrected chi connectivity index (χ0v) is 22.3. The number of ether oxygens (including phenoxy) is 1. The van der Waals surface area contributed by atoms with E-state index in [0.717, 1.165) is 22.3 Å². The molecule has 0 aromatic heterocycles. The van der Waals surface area contributed by atoms with Crippen LogP contribution in [0.5, 0.6) is 0 Å². The highest BCUT2D eigenvalue weighted by Gasteiger charge is 2.61. The molecule has 1 N–H and O–H groups in total. The largest absolute Gasteiger partial charge is 0.481 e. The fraction of sp³-hybridized carbons (Fsp3) is 0.235. The molecule has 4 unspecified atom stereocenters. The number of hydrogen-bond donors (Lipinski definition) is 1. The maximum Gasteiger partial charge on any atom is 0.417 e. The van der Waals surface area contributed by atoms with Gasteiger partial charge in [-0.2, -0.15) is 18.4 Å². The number of aliphatic carboxylic acids is 1. The van der Waals surface area contributed by atoms with Crippen molar-refractivity contribution >= 4 is 5.97 Å². The monoisotopic (exact) mass is 571 g/mol. The topological polar surface area (TPSA) is 70.3 Å². The van der Waals surface area contributed by atoms with E-state index in [1.165, 1.54) is 6.07 Å². The second kappa shape index (κ2) is 10.4. The van der Waals surface area contributed by atoms with Crippen LogP contribution in [-0.4, -0.2) is 17.2 Å². The first-order valence-electron chi connectivity index (χ1n) is 13.5. The predicted octanol–water partition coefficient (Wildman–Crippen LogP) is 8.10. The minimum atomic E-state index is -4.78. The first-order chi connectivity index (χ1) is 20.0. The van der Waals surface area contributed by atoms with Crippen molar-refractivity contribution < 1.29 is 32.2 Å². The van der Waals surface area contributed by atoms with Crippen LogP contribution < -0.4 is 0 Å². The standard InChI is InChI=1S/C34H25F4NO3/c1-18-2-11-25-23(12-27-31(25)32(27)33(40)41)14-30(18)42-17-24-13-26(28(15-29(24)35)34(36,37)38)22-9-7-21(8-10-22)20-5-3-19(16-39)4-6-20/h3-11,13-15,27,30-32H,1-2,12,17H2,(H,40,41). The number of carboxylic acids is 1. The lowest BCUT2D eigenvalue weighted by Gasteiger charge is -2.19. The number of rotatable bonds is 6. The Labute approximate surface area is 239 Å². The molecular weight excluding hydrogens is 546 g/mol. The molecule has 2 fully saturated rings. The molecule has 3 aromatic rings. The number of carbonyl (C=O) groups is 1. The number of allylic oxidation sites excluding steroid dienone is 3. The molecule has 212 valence electrons. The summed E-state index contributed by atoms with van der Waals surface area (Å²) in [4.78, 5) is 11.5. The fourth-order valence-corrected chi connectivity index (χ4v) is 6.19. The molecule has 0 radical (unpaired) electrons. The molecule has 3 aromatic carbocycles. The molecule has 3 aliphatic carbocycles. The Bertz CT molecular complexity index is 1690. The van der Waals surface area contributed by atoms with Gasteiger partial charge in [0.05, 0.1) is 35.8 Å². The van der Waals surface area contributed by atoms with E-state index >= 15 is 4.39 Å². The van der Waals surface area contributed by atoms with Crippen LogP contribution in [0, 0.1) is 34.9 Å². The maximum absolute atomic E-state index is 15.0. The van der Waals surface area contributed by atoms with Gasteiger partial charge in [0.25, 0.3) is 0 Å². The maximum atomic E-state index is 15.0. The third-order valence-corrected chi connectivity index (χ3v) is 8.43. The average Bonchev–Trinajstić information content (AvgIpc) is 3.61. The molecule has 6 rings (SSSR count). The second-order valence-corrected chi connectivity index (χ2v) is 11.0. The van der Waals surface area contributed by atoms with Crippen LogP contribution in [-0.2, 0) is 22.3 Å². The minimum absolute atomic E-state index is 0.00137. The summed E-state index contributed by atoms with van der Waals surface area (Å²) in [7, 11) is 0. The number of nitriles is 1. The third-order valence-electron chi connectivity index (χ3n) is 8.43. The van der Waals surface area contributed by atoms with Gasteiger partial charge in [-0.25, -0.2) is 4.39 Å². The molecule has 4 nitrogen and oxygen atoms in total. The minimum Gasteiger partial charge on any atom is -0.481 e.